The first-order chi connectivity index (χ1) is 9.04. The molecule has 1 rings (SSSR count). The molecule has 1 aromatic carbocycles. The maximum atomic E-state index is 12.6. The van der Waals surface area contributed by atoms with Gasteiger partial charge in [-0.1, -0.05) is 24.2 Å². The van der Waals surface area contributed by atoms with Gasteiger partial charge in [-0.3, -0.25) is 4.79 Å². The topological polar surface area (TPSA) is 76.0 Å². The van der Waals surface area contributed by atoms with E-state index in [0.717, 1.165) is 0 Å². The van der Waals surface area contributed by atoms with Crippen molar-refractivity contribution in [3.8, 4) is 0 Å². The van der Waals surface area contributed by atoms with Crippen molar-refractivity contribution in [2.45, 2.75) is 26.4 Å². The smallest absolute Gasteiger partial charge is 0.361 e. The summed E-state index contributed by atoms with van der Waals surface area (Å²) in [6.07, 6.45) is 0.633. The third-order valence-electron chi connectivity index (χ3n) is 2.24. The molecule has 102 valence electrons. The number of hydrogen-bond acceptors (Lipinski definition) is 4. The van der Waals surface area contributed by atoms with Gasteiger partial charge in [-0.15, -0.1) is 0 Å². The van der Waals surface area contributed by atoms with E-state index in [1.54, 1.807) is 6.92 Å². The Bertz CT molecular complexity index is 482. The molecule has 0 spiro atoms. The van der Waals surface area contributed by atoms with E-state index in [2.05, 4.69) is 5.16 Å². The second-order valence-corrected chi connectivity index (χ2v) is 3.82. The van der Waals surface area contributed by atoms with Gasteiger partial charge in [0.05, 0.1) is 0 Å². The summed E-state index contributed by atoms with van der Waals surface area (Å²) in [6, 6.07) is 5.48. The lowest BCUT2D eigenvalue weighted by Crippen LogP contribution is -2.23. The van der Waals surface area contributed by atoms with Crippen LogP contribution in [-0.4, -0.2) is 22.6 Å². The summed E-state index contributed by atoms with van der Waals surface area (Å²) < 4.78 is 12.6. The molecule has 0 aliphatic heterocycles. The minimum Gasteiger partial charge on any atom is -0.476 e. The van der Waals surface area contributed by atoms with Crippen molar-refractivity contribution in [3.05, 3.63) is 35.6 Å². The predicted molar refractivity (Wildman–Crippen MR) is 66.2 cm³/mol. The van der Waals surface area contributed by atoms with Crippen molar-refractivity contribution in [3.63, 3.8) is 0 Å². The second kappa shape index (κ2) is 7.25. The highest BCUT2D eigenvalue weighted by Crippen LogP contribution is 2.05. The van der Waals surface area contributed by atoms with Crippen LogP contribution in [0.5, 0.6) is 0 Å². The van der Waals surface area contributed by atoms with E-state index >= 15 is 0 Å². The summed E-state index contributed by atoms with van der Waals surface area (Å²) in [7, 11) is 0. The molecular formula is C13H14FNO4. The van der Waals surface area contributed by atoms with Crippen LogP contribution in [0.4, 0.5) is 4.39 Å². The van der Waals surface area contributed by atoms with Gasteiger partial charge in [0, 0.05) is 6.42 Å². The number of aliphatic carboxylic acids is 1. The van der Waals surface area contributed by atoms with Gasteiger partial charge in [-0.25, -0.2) is 9.18 Å². The highest BCUT2D eigenvalue weighted by atomic mass is 19.1. The van der Waals surface area contributed by atoms with Gasteiger partial charge in [0.25, 0.3) is 0 Å². The number of benzene rings is 1. The van der Waals surface area contributed by atoms with Gasteiger partial charge in [0.15, 0.2) is 5.78 Å². The molecule has 0 unspecified atom stereocenters. The number of carbonyl (C=O) groups excluding carboxylic acids is 1. The molecule has 0 saturated carbocycles. The van der Waals surface area contributed by atoms with Crippen LogP contribution in [0.1, 0.15) is 25.3 Å². The van der Waals surface area contributed by atoms with Gasteiger partial charge in [-0.05, 0) is 24.1 Å². The van der Waals surface area contributed by atoms with Crippen molar-refractivity contribution in [1.29, 1.82) is 0 Å². The number of carboxylic acid groups (broad SMARTS) is 1. The Labute approximate surface area is 109 Å². The molecule has 0 saturated heterocycles. The zero-order chi connectivity index (χ0) is 14.3. The van der Waals surface area contributed by atoms with E-state index in [9.17, 15) is 14.0 Å². The number of Topliss-reactive ketones (excluding diaryl/α,β-unsaturated/α-hetero) is 1. The molecule has 0 bridgehead atoms. The van der Waals surface area contributed by atoms with E-state index in [1.165, 1.54) is 24.3 Å². The molecule has 0 aliphatic carbocycles. The lowest BCUT2D eigenvalue weighted by atomic mass is 10.1. The number of rotatable bonds is 7. The Morgan fingerprint density at radius 3 is 2.47 bits per heavy atom. The summed E-state index contributed by atoms with van der Waals surface area (Å²) in [5.74, 6) is -2.37. The largest absolute Gasteiger partial charge is 0.476 e. The average molecular weight is 267 g/mol. The lowest BCUT2D eigenvalue weighted by molar-refractivity contribution is -0.130. The Balaban J connectivity index is 2.64. The van der Waals surface area contributed by atoms with E-state index in [0.29, 0.717) is 12.0 Å². The third-order valence-corrected chi connectivity index (χ3v) is 2.24. The fourth-order valence-corrected chi connectivity index (χ4v) is 1.31. The average Bonchev–Trinajstić information content (AvgIpc) is 2.36. The van der Waals surface area contributed by atoms with Crippen LogP contribution in [0.15, 0.2) is 29.4 Å². The van der Waals surface area contributed by atoms with Crippen LogP contribution in [0.25, 0.3) is 0 Å². The maximum absolute atomic E-state index is 12.6. The summed E-state index contributed by atoms with van der Waals surface area (Å²) in [5.41, 5.74) is 0.00166. The molecular weight excluding hydrogens is 253 g/mol. The zero-order valence-corrected chi connectivity index (χ0v) is 10.4. The Kier molecular flexibility index (Phi) is 5.66. The number of oxime groups is 1. The normalized spacial score (nSPS) is 11.2. The van der Waals surface area contributed by atoms with E-state index in [1.807, 2.05) is 0 Å². The van der Waals surface area contributed by atoms with Crippen molar-refractivity contribution in [2.75, 3.05) is 0 Å². The predicted octanol–water partition coefficient (Wildman–Crippen LogP) is 2.15. The number of ketones is 1. The monoisotopic (exact) mass is 267 g/mol. The van der Waals surface area contributed by atoms with Crippen molar-refractivity contribution in [2.24, 2.45) is 5.16 Å². The van der Waals surface area contributed by atoms with Gasteiger partial charge in [0.2, 0.25) is 5.71 Å². The molecule has 0 aromatic heterocycles. The van der Waals surface area contributed by atoms with Crippen LogP contribution in [0.2, 0.25) is 0 Å². The number of halogens is 1. The molecule has 19 heavy (non-hydrogen) atoms. The summed E-state index contributed by atoms with van der Waals surface area (Å²) in [6.45, 7) is 1.73. The molecule has 0 amide bonds. The standard InChI is InChI=1S/C13H14FNO4/c1-2-3-11(16)12(13(17)18)15-19-8-9-4-6-10(14)7-5-9/h4-7H,2-3,8H2,1H3,(H,17,18). The Morgan fingerprint density at radius 1 is 1.32 bits per heavy atom. The van der Waals surface area contributed by atoms with Crippen LogP contribution < -0.4 is 0 Å². The molecule has 0 fully saturated rings. The fraction of sp³-hybridized carbons (Fsp3) is 0.308. The molecule has 0 radical (unpaired) electrons. The molecule has 0 heterocycles. The first-order valence-electron chi connectivity index (χ1n) is 5.75. The minimum absolute atomic E-state index is 0.0313. The van der Waals surface area contributed by atoms with Crippen LogP contribution in [-0.2, 0) is 21.0 Å². The van der Waals surface area contributed by atoms with Crippen LogP contribution in [0.3, 0.4) is 0 Å². The molecule has 1 N–H and O–H groups in total. The van der Waals surface area contributed by atoms with Crippen molar-refractivity contribution >= 4 is 17.5 Å². The van der Waals surface area contributed by atoms with Crippen molar-refractivity contribution in [1.82, 2.24) is 0 Å². The van der Waals surface area contributed by atoms with Crippen molar-refractivity contribution < 1.29 is 23.9 Å². The van der Waals surface area contributed by atoms with E-state index < -0.39 is 17.5 Å². The van der Waals surface area contributed by atoms with Crippen LogP contribution in [0, 0.1) is 5.82 Å². The third kappa shape index (κ3) is 4.87. The molecule has 1 aromatic rings. The molecule has 5 nitrogen and oxygen atoms in total. The summed E-state index contributed by atoms with van der Waals surface area (Å²) in [4.78, 5) is 27.1. The van der Waals surface area contributed by atoms with Crippen LogP contribution >= 0.6 is 0 Å². The maximum Gasteiger partial charge on any atom is 0.361 e. The molecule has 0 atom stereocenters. The highest BCUT2D eigenvalue weighted by Gasteiger charge is 2.19. The fourth-order valence-electron chi connectivity index (χ4n) is 1.31. The number of nitrogens with zero attached hydrogens (tertiary/aromatic N) is 1. The molecule has 6 heteroatoms. The Morgan fingerprint density at radius 2 is 1.95 bits per heavy atom. The molecule has 0 aliphatic rings. The van der Waals surface area contributed by atoms with E-state index in [-0.39, 0.29) is 18.8 Å². The second-order valence-electron chi connectivity index (χ2n) is 3.82. The number of carbonyl (C=O) groups is 2. The highest BCUT2D eigenvalue weighted by molar-refractivity contribution is 6.63. The zero-order valence-electron chi connectivity index (χ0n) is 10.4. The van der Waals surface area contributed by atoms with E-state index in [4.69, 9.17) is 9.94 Å². The first-order valence-corrected chi connectivity index (χ1v) is 5.75. The van der Waals surface area contributed by atoms with Gasteiger partial charge in [0.1, 0.15) is 12.4 Å². The summed E-state index contributed by atoms with van der Waals surface area (Å²) >= 11 is 0. The van der Waals surface area contributed by atoms with Gasteiger partial charge in [-0.2, -0.15) is 0 Å². The quantitative estimate of drug-likeness (QED) is 0.466. The Hall–Kier alpha value is -2.24. The number of hydrogen-bond donors (Lipinski definition) is 1. The van der Waals surface area contributed by atoms with Gasteiger partial charge >= 0.3 is 5.97 Å². The summed E-state index contributed by atoms with van der Waals surface area (Å²) in [5, 5.41) is 12.2. The first kappa shape index (κ1) is 14.8. The number of carboxylic acids is 1. The lowest BCUT2D eigenvalue weighted by Gasteiger charge is -2.02. The van der Waals surface area contributed by atoms with Gasteiger partial charge < -0.3 is 9.94 Å². The minimum atomic E-state index is -1.42. The SMILES string of the molecule is CCCC(=O)C(=NOCc1ccc(F)cc1)C(=O)O.